The zero-order valence-corrected chi connectivity index (χ0v) is 20.8. The molecule has 8 heteroatoms. The summed E-state index contributed by atoms with van der Waals surface area (Å²) in [6.45, 7) is 7.99. The molecule has 1 N–H and O–H groups in total. The molecule has 4 rings (SSSR count). The molecule has 3 aromatic rings. The standard InChI is InChI=1S/C27H31N5O3/c1-26(2,3)20-11-13-21(14-12-20)27(4)24(34)31(25(35)29-27)18-23(33)30(5)16-19-15-28-32(17-19)22-9-7-6-8-10-22/h6-15,17H,16,18H2,1-5H3,(H,29,35). The van der Waals surface area contributed by atoms with Crippen LogP contribution in [0.15, 0.2) is 67.0 Å². The summed E-state index contributed by atoms with van der Waals surface area (Å²) in [4.78, 5) is 41.3. The van der Waals surface area contributed by atoms with Gasteiger partial charge in [-0.2, -0.15) is 5.10 Å². The number of hydrogen-bond donors (Lipinski definition) is 1. The lowest BCUT2D eigenvalue weighted by Gasteiger charge is -2.25. The fourth-order valence-corrected chi connectivity index (χ4v) is 4.12. The second-order valence-corrected chi connectivity index (χ2v) is 10.2. The summed E-state index contributed by atoms with van der Waals surface area (Å²) < 4.78 is 1.74. The highest BCUT2D eigenvalue weighted by Crippen LogP contribution is 2.31. The number of likely N-dealkylation sites (N-methyl/N-ethyl adjacent to an activating group) is 1. The molecule has 182 valence electrons. The highest BCUT2D eigenvalue weighted by atomic mass is 16.2. The van der Waals surface area contributed by atoms with Gasteiger partial charge in [-0.1, -0.05) is 63.2 Å². The van der Waals surface area contributed by atoms with Crippen molar-refractivity contribution < 1.29 is 14.4 Å². The summed E-state index contributed by atoms with van der Waals surface area (Å²) in [5.74, 6) is -0.780. The predicted molar refractivity (Wildman–Crippen MR) is 133 cm³/mol. The zero-order valence-electron chi connectivity index (χ0n) is 20.8. The van der Waals surface area contributed by atoms with E-state index in [4.69, 9.17) is 0 Å². The highest BCUT2D eigenvalue weighted by Gasteiger charge is 2.49. The van der Waals surface area contributed by atoms with E-state index in [0.717, 1.165) is 21.7 Å². The van der Waals surface area contributed by atoms with Crippen LogP contribution in [0.2, 0.25) is 0 Å². The predicted octanol–water partition coefficient (Wildman–Crippen LogP) is 3.60. The van der Waals surface area contributed by atoms with Gasteiger partial charge in [0.1, 0.15) is 12.1 Å². The first kappa shape index (κ1) is 24.2. The molecule has 35 heavy (non-hydrogen) atoms. The summed E-state index contributed by atoms with van der Waals surface area (Å²) >= 11 is 0. The average Bonchev–Trinajstić information content (AvgIpc) is 3.38. The average molecular weight is 474 g/mol. The van der Waals surface area contributed by atoms with E-state index in [1.165, 1.54) is 4.90 Å². The van der Waals surface area contributed by atoms with Crippen molar-refractivity contribution in [2.75, 3.05) is 13.6 Å². The Bertz CT molecular complexity index is 1240. The van der Waals surface area contributed by atoms with Crippen LogP contribution in [-0.4, -0.2) is 51.0 Å². The topological polar surface area (TPSA) is 87.5 Å². The number of benzene rings is 2. The van der Waals surface area contributed by atoms with E-state index in [-0.39, 0.29) is 17.9 Å². The molecule has 2 heterocycles. The first-order chi connectivity index (χ1) is 16.5. The lowest BCUT2D eigenvalue weighted by atomic mass is 9.84. The monoisotopic (exact) mass is 473 g/mol. The van der Waals surface area contributed by atoms with Crippen LogP contribution >= 0.6 is 0 Å². The molecule has 1 unspecified atom stereocenters. The van der Waals surface area contributed by atoms with Crippen molar-refractivity contribution >= 4 is 17.8 Å². The molecule has 1 aliphatic rings. The molecule has 4 amide bonds. The molecule has 2 aromatic carbocycles. The van der Waals surface area contributed by atoms with Gasteiger partial charge in [0.2, 0.25) is 5.91 Å². The molecule has 0 saturated carbocycles. The fraction of sp³-hybridized carbons (Fsp3) is 0.333. The van der Waals surface area contributed by atoms with Crippen LogP contribution in [0.4, 0.5) is 4.79 Å². The number of carbonyl (C=O) groups excluding carboxylic acids is 3. The molecule has 1 aromatic heterocycles. The third-order valence-corrected chi connectivity index (χ3v) is 6.40. The maximum Gasteiger partial charge on any atom is 0.325 e. The van der Waals surface area contributed by atoms with Gasteiger partial charge >= 0.3 is 6.03 Å². The maximum atomic E-state index is 13.3. The molecule has 0 spiro atoms. The number of urea groups is 1. The van der Waals surface area contributed by atoms with Gasteiger partial charge in [-0.15, -0.1) is 0 Å². The summed E-state index contributed by atoms with van der Waals surface area (Å²) in [6.07, 6.45) is 3.55. The van der Waals surface area contributed by atoms with Crippen molar-refractivity contribution in [3.63, 3.8) is 0 Å². The normalized spacial score (nSPS) is 18.0. The SMILES string of the molecule is CN(Cc1cnn(-c2ccccc2)c1)C(=O)CN1C(=O)NC(C)(c2ccc(C(C)(C)C)cc2)C1=O. The van der Waals surface area contributed by atoms with E-state index >= 15 is 0 Å². The van der Waals surface area contributed by atoms with Gasteiger partial charge in [0.05, 0.1) is 11.9 Å². The van der Waals surface area contributed by atoms with Crippen LogP contribution in [0, 0.1) is 0 Å². The van der Waals surface area contributed by atoms with Crippen molar-refractivity contribution in [1.29, 1.82) is 0 Å². The number of nitrogens with zero attached hydrogens (tertiary/aromatic N) is 4. The van der Waals surface area contributed by atoms with E-state index in [2.05, 4.69) is 31.2 Å². The number of amides is 4. The van der Waals surface area contributed by atoms with Crippen LogP contribution in [0.5, 0.6) is 0 Å². The lowest BCUT2D eigenvalue weighted by Crippen LogP contribution is -2.43. The van der Waals surface area contributed by atoms with Crippen molar-refractivity contribution in [1.82, 2.24) is 24.9 Å². The molecular weight excluding hydrogens is 442 g/mol. The Labute approximate surface area is 205 Å². The van der Waals surface area contributed by atoms with Crippen LogP contribution in [0.25, 0.3) is 5.69 Å². The minimum absolute atomic E-state index is 0.0248. The van der Waals surface area contributed by atoms with Crippen molar-refractivity contribution in [2.24, 2.45) is 0 Å². The Balaban J connectivity index is 1.42. The van der Waals surface area contributed by atoms with Crippen LogP contribution in [0.3, 0.4) is 0 Å². The Morgan fingerprint density at radius 2 is 1.71 bits per heavy atom. The molecule has 1 aliphatic heterocycles. The van der Waals surface area contributed by atoms with Crippen LogP contribution in [0.1, 0.15) is 44.4 Å². The molecule has 0 bridgehead atoms. The molecule has 1 atom stereocenters. The zero-order chi connectivity index (χ0) is 25.4. The van der Waals surface area contributed by atoms with Gasteiger partial charge in [-0.3, -0.25) is 14.5 Å². The Hall–Kier alpha value is -3.94. The number of rotatable bonds is 6. The van der Waals surface area contributed by atoms with Gasteiger partial charge in [0.25, 0.3) is 5.91 Å². The summed E-state index contributed by atoms with van der Waals surface area (Å²) in [6, 6.07) is 16.8. The third-order valence-electron chi connectivity index (χ3n) is 6.40. The number of hydrogen-bond acceptors (Lipinski definition) is 4. The fourth-order valence-electron chi connectivity index (χ4n) is 4.12. The van der Waals surface area contributed by atoms with Crippen molar-refractivity contribution in [3.05, 3.63) is 83.7 Å². The number of nitrogens with one attached hydrogen (secondary N) is 1. The van der Waals surface area contributed by atoms with Crippen molar-refractivity contribution in [3.8, 4) is 5.69 Å². The van der Waals surface area contributed by atoms with Gasteiger partial charge in [0.15, 0.2) is 0 Å². The molecule has 8 nitrogen and oxygen atoms in total. The van der Waals surface area contributed by atoms with Gasteiger partial charge in [-0.05, 0) is 35.6 Å². The molecule has 1 fully saturated rings. The minimum atomic E-state index is -1.22. The van der Waals surface area contributed by atoms with Gasteiger partial charge in [-0.25, -0.2) is 9.48 Å². The van der Waals surface area contributed by atoms with Gasteiger partial charge < -0.3 is 10.2 Å². The van der Waals surface area contributed by atoms with E-state index in [0.29, 0.717) is 12.1 Å². The molecule has 0 aliphatic carbocycles. The van der Waals surface area contributed by atoms with Crippen molar-refractivity contribution in [2.45, 2.75) is 45.2 Å². The number of imide groups is 1. The summed E-state index contributed by atoms with van der Waals surface area (Å²) in [5, 5.41) is 7.12. The Morgan fingerprint density at radius 1 is 1.06 bits per heavy atom. The van der Waals surface area contributed by atoms with E-state index in [1.807, 2.05) is 60.8 Å². The first-order valence-corrected chi connectivity index (χ1v) is 11.6. The summed E-state index contributed by atoms with van der Waals surface area (Å²) in [7, 11) is 1.64. The molecule has 0 radical (unpaired) electrons. The van der Waals surface area contributed by atoms with E-state index in [9.17, 15) is 14.4 Å². The smallest absolute Gasteiger partial charge is 0.325 e. The lowest BCUT2D eigenvalue weighted by molar-refractivity contribution is -0.138. The summed E-state index contributed by atoms with van der Waals surface area (Å²) in [5.41, 5.74) is 2.32. The van der Waals surface area contributed by atoms with Crippen LogP contribution < -0.4 is 5.32 Å². The second kappa shape index (κ2) is 9.02. The maximum absolute atomic E-state index is 13.3. The largest absolute Gasteiger partial charge is 0.340 e. The number of carbonyl (C=O) groups is 3. The number of aromatic nitrogens is 2. The quantitative estimate of drug-likeness (QED) is 0.554. The first-order valence-electron chi connectivity index (χ1n) is 11.6. The molecular formula is C27H31N5O3. The number of para-hydroxylation sites is 1. The minimum Gasteiger partial charge on any atom is -0.340 e. The Kier molecular flexibility index (Phi) is 6.23. The van der Waals surface area contributed by atoms with Gasteiger partial charge in [0, 0.05) is 25.4 Å². The molecule has 1 saturated heterocycles. The Morgan fingerprint density at radius 3 is 2.34 bits per heavy atom. The van der Waals surface area contributed by atoms with E-state index in [1.54, 1.807) is 24.9 Å². The highest BCUT2D eigenvalue weighted by molar-refractivity contribution is 6.09. The van der Waals surface area contributed by atoms with E-state index < -0.39 is 17.5 Å². The third kappa shape index (κ3) is 4.82. The van der Waals surface area contributed by atoms with Crippen LogP contribution in [-0.2, 0) is 27.1 Å². The second-order valence-electron chi connectivity index (χ2n) is 10.2.